The second-order valence-corrected chi connectivity index (χ2v) is 4.16. The summed E-state index contributed by atoms with van der Waals surface area (Å²) < 4.78 is 8.03. The molecular weight excluding hydrogens is 208 g/mol. The first kappa shape index (κ1) is 10.2. The van der Waals surface area contributed by atoms with E-state index >= 15 is 0 Å². The summed E-state index contributed by atoms with van der Waals surface area (Å²) in [5, 5.41) is 0. The number of benzene rings is 1. The molecule has 0 aliphatic rings. The second-order valence-electron chi connectivity index (χ2n) is 3.78. The van der Waals surface area contributed by atoms with Crippen molar-refractivity contribution < 1.29 is 4.74 Å². The summed E-state index contributed by atoms with van der Waals surface area (Å²) in [5.74, 6) is 0.842. The molecule has 0 saturated heterocycles. The van der Waals surface area contributed by atoms with Crippen LogP contribution in [0.5, 0.6) is 5.75 Å². The number of ether oxygens (including phenoxy) is 1. The molecule has 80 valence electrons. The Kier molecular flexibility index (Phi) is 2.52. The highest BCUT2D eigenvalue weighted by atomic mass is 32.1. The van der Waals surface area contributed by atoms with E-state index in [4.69, 9.17) is 17.0 Å². The van der Waals surface area contributed by atoms with Crippen LogP contribution in [0.2, 0.25) is 0 Å². The Labute approximate surface area is 93.7 Å². The highest BCUT2D eigenvalue weighted by Gasteiger charge is 2.07. The molecule has 1 heterocycles. The third-order valence-electron chi connectivity index (χ3n) is 2.44. The van der Waals surface area contributed by atoms with Gasteiger partial charge in [-0.3, -0.25) is 0 Å². The molecule has 0 atom stereocenters. The number of nitrogens with one attached hydrogen (secondary N) is 1. The van der Waals surface area contributed by atoms with Crippen LogP contribution in [0.3, 0.4) is 0 Å². The number of aromatic amines is 1. The number of hydrogen-bond donors (Lipinski definition) is 1. The average molecular weight is 222 g/mol. The lowest BCUT2D eigenvalue weighted by molar-refractivity contribution is 0.415. The predicted molar refractivity (Wildman–Crippen MR) is 64.1 cm³/mol. The van der Waals surface area contributed by atoms with Gasteiger partial charge in [-0.2, -0.15) is 0 Å². The van der Waals surface area contributed by atoms with Gasteiger partial charge in [-0.05, 0) is 38.2 Å². The molecule has 2 rings (SSSR count). The van der Waals surface area contributed by atoms with E-state index < -0.39 is 0 Å². The van der Waals surface area contributed by atoms with Gasteiger partial charge in [-0.25, -0.2) is 0 Å². The van der Waals surface area contributed by atoms with Crippen molar-refractivity contribution in [2.75, 3.05) is 7.11 Å². The fourth-order valence-electron chi connectivity index (χ4n) is 1.75. The molecule has 1 N–H and O–H groups in total. The number of fused-ring (bicyclic) bond motifs is 1. The summed E-state index contributed by atoms with van der Waals surface area (Å²) in [6.45, 7) is 4.24. The Morgan fingerprint density at radius 3 is 2.73 bits per heavy atom. The Morgan fingerprint density at radius 2 is 2.13 bits per heavy atom. The summed E-state index contributed by atoms with van der Waals surface area (Å²) in [7, 11) is 1.66. The number of rotatable bonds is 2. The molecule has 15 heavy (non-hydrogen) atoms. The lowest BCUT2D eigenvalue weighted by Crippen LogP contribution is -1.99. The number of nitrogens with zero attached hydrogens (tertiary/aromatic N) is 1. The minimum Gasteiger partial charge on any atom is -0.497 e. The van der Waals surface area contributed by atoms with Crippen LogP contribution in [0.1, 0.15) is 19.9 Å². The van der Waals surface area contributed by atoms with Gasteiger partial charge in [0.2, 0.25) is 0 Å². The monoisotopic (exact) mass is 222 g/mol. The maximum absolute atomic E-state index is 5.28. The Bertz CT molecular complexity index is 539. The van der Waals surface area contributed by atoms with Gasteiger partial charge in [0, 0.05) is 12.1 Å². The molecule has 0 saturated carbocycles. The van der Waals surface area contributed by atoms with Gasteiger partial charge in [-0.1, -0.05) is 0 Å². The van der Waals surface area contributed by atoms with Crippen LogP contribution in [-0.2, 0) is 0 Å². The van der Waals surface area contributed by atoms with Crippen molar-refractivity contribution in [3.05, 3.63) is 23.0 Å². The van der Waals surface area contributed by atoms with Crippen molar-refractivity contribution in [2.45, 2.75) is 19.9 Å². The zero-order valence-electron chi connectivity index (χ0n) is 9.07. The van der Waals surface area contributed by atoms with Gasteiger partial charge in [-0.15, -0.1) is 0 Å². The average Bonchev–Trinajstić information content (AvgIpc) is 2.52. The standard InChI is InChI=1S/C11H14N2OS/c1-7(2)13-10-5-4-8(14-3)6-9(10)12-11(13)15/h4-7H,1-3H3,(H,12,15). The van der Waals surface area contributed by atoms with Gasteiger partial charge < -0.3 is 14.3 Å². The third kappa shape index (κ3) is 1.65. The first-order chi connectivity index (χ1) is 7.13. The van der Waals surface area contributed by atoms with E-state index in [9.17, 15) is 0 Å². The number of hydrogen-bond acceptors (Lipinski definition) is 2. The van der Waals surface area contributed by atoms with Gasteiger partial charge >= 0.3 is 0 Å². The number of aromatic nitrogens is 2. The third-order valence-corrected chi connectivity index (χ3v) is 2.74. The van der Waals surface area contributed by atoms with Crippen molar-refractivity contribution in [1.82, 2.24) is 9.55 Å². The maximum Gasteiger partial charge on any atom is 0.178 e. The highest BCUT2D eigenvalue weighted by Crippen LogP contribution is 2.22. The Hall–Kier alpha value is -1.29. The molecule has 0 unspecified atom stereocenters. The largest absolute Gasteiger partial charge is 0.497 e. The molecule has 3 nitrogen and oxygen atoms in total. The Balaban J connectivity index is 2.74. The van der Waals surface area contributed by atoms with Crippen LogP contribution in [0.15, 0.2) is 18.2 Å². The molecule has 4 heteroatoms. The van der Waals surface area contributed by atoms with Crippen LogP contribution in [-0.4, -0.2) is 16.7 Å². The van der Waals surface area contributed by atoms with Crippen LogP contribution in [0.25, 0.3) is 11.0 Å². The summed E-state index contributed by atoms with van der Waals surface area (Å²) in [4.78, 5) is 3.18. The molecule has 0 amide bonds. The molecule has 2 aromatic rings. The van der Waals surface area contributed by atoms with E-state index in [1.807, 2.05) is 18.2 Å². The first-order valence-electron chi connectivity index (χ1n) is 4.91. The predicted octanol–water partition coefficient (Wildman–Crippen LogP) is 3.29. The zero-order valence-corrected chi connectivity index (χ0v) is 9.89. The highest BCUT2D eigenvalue weighted by molar-refractivity contribution is 7.71. The lowest BCUT2D eigenvalue weighted by atomic mass is 10.3. The van der Waals surface area contributed by atoms with Crippen molar-refractivity contribution >= 4 is 23.3 Å². The van der Waals surface area contributed by atoms with Crippen LogP contribution >= 0.6 is 12.2 Å². The van der Waals surface area contributed by atoms with Crippen LogP contribution in [0, 0.1) is 4.77 Å². The molecule has 0 bridgehead atoms. The summed E-state index contributed by atoms with van der Waals surface area (Å²) in [5.41, 5.74) is 2.14. The van der Waals surface area contributed by atoms with Crippen LogP contribution < -0.4 is 4.74 Å². The first-order valence-corrected chi connectivity index (χ1v) is 5.32. The fourth-order valence-corrected chi connectivity index (χ4v) is 2.17. The molecule has 0 spiro atoms. The van der Waals surface area contributed by atoms with Crippen molar-refractivity contribution in [2.24, 2.45) is 0 Å². The fraction of sp³-hybridized carbons (Fsp3) is 0.364. The SMILES string of the molecule is COc1ccc2c(c1)[nH]c(=S)n2C(C)C. The number of H-pyrrole nitrogens is 1. The van der Waals surface area contributed by atoms with E-state index in [0.29, 0.717) is 6.04 Å². The number of methoxy groups -OCH3 is 1. The minimum atomic E-state index is 0.361. The smallest absolute Gasteiger partial charge is 0.178 e. The van der Waals surface area contributed by atoms with Gasteiger partial charge in [0.05, 0.1) is 18.1 Å². The molecule has 0 fully saturated rings. The molecular formula is C11H14N2OS. The minimum absolute atomic E-state index is 0.361. The molecule has 0 aliphatic heterocycles. The molecule has 0 radical (unpaired) electrons. The quantitative estimate of drug-likeness (QED) is 0.790. The van der Waals surface area contributed by atoms with Crippen molar-refractivity contribution in [3.63, 3.8) is 0 Å². The van der Waals surface area contributed by atoms with Gasteiger partial charge in [0.1, 0.15) is 5.75 Å². The molecule has 1 aromatic carbocycles. The summed E-state index contributed by atoms with van der Waals surface area (Å²) in [6.07, 6.45) is 0. The van der Waals surface area contributed by atoms with Gasteiger partial charge in [0.15, 0.2) is 4.77 Å². The van der Waals surface area contributed by atoms with Crippen molar-refractivity contribution in [1.29, 1.82) is 0 Å². The summed E-state index contributed by atoms with van der Waals surface area (Å²) in [6, 6.07) is 6.30. The molecule has 0 aliphatic carbocycles. The van der Waals surface area contributed by atoms with E-state index in [1.165, 1.54) is 0 Å². The van der Waals surface area contributed by atoms with Crippen LogP contribution in [0.4, 0.5) is 0 Å². The molecule has 1 aromatic heterocycles. The van der Waals surface area contributed by atoms with E-state index in [-0.39, 0.29) is 0 Å². The number of imidazole rings is 1. The van der Waals surface area contributed by atoms with E-state index in [0.717, 1.165) is 21.6 Å². The Morgan fingerprint density at radius 1 is 1.40 bits per heavy atom. The van der Waals surface area contributed by atoms with Crippen molar-refractivity contribution in [3.8, 4) is 5.75 Å². The maximum atomic E-state index is 5.28. The topological polar surface area (TPSA) is 29.9 Å². The zero-order chi connectivity index (χ0) is 11.0. The van der Waals surface area contributed by atoms with E-state index in [1.54, 1.807) is 7.11 Å². The van der Waals surface area contributed by atoms with Gasteiger partial charge in [0.25, 0.3) is 0 Å². The van der Waals surface area contributed by atoms with E-state index in [2.05, 4.69) is 23.4 Å². The second kappa shape index (κ2) is 3.70. The normalized spacial score (nSPS) is 11.2. The summed E-state index contributed by atoms with van der Waals surface area (Å²) >= 11 is 5.28. The lowest BCUT2D eigenvalue weighted by Gasteiger charge is -2.08.